The lowest BCUT2D eigenvalue weighted by atomic mass is 9.71. The fourth-order valence-corrected chi connectivity index (χ4v) is 2.61. The molecule has 1 spiro atoms. The highest BCUT2D eigenvalue weighted by Gasteiger charge is 2.50. The van der Waals surface area contributed by atoms with Crippen LogP contribution in [-0.2, 0) is 18.9 Å². The lowest BCUT2D eigenvalue weighted by Crippen LogP contribution is -2.58. The molecule has 88 valence electrons. The van der Waals surface area contributed by atoms with Gasteiger partial charge in [0.05, 0.1) is 31.3 Å². The zero-order valence-corrected chi connectivity index (χ0v) is 9.75. The van der Waals surface area contributed by atoms with Crippen molar-refractivity contribution in [1.29, 1.82) is 0 Å². The Hall–Kier alpha value is -0.160. The average molecular weight is 216 g/mol. The van der Waals surface area contributed by atoms with Gasteiger partial charge >= 0.3 is 0 Å². The second kappa shape index (κ2) is 4.01. The minimum Gasteiger partial charge on any atom is -0.355 e. The Kier molecular flexibility index (Phi) is 3.03. The van der Waals surface area contributed by atoms with Crippen LogP contribution in [0.15, 0.2) is 0 Å². The van der Waals surface area contributed by atoms with Crippen molar-refractivity contribution in [3.8, 4) is 0 Å². The molecular formula is C11H20O4. The van der Waals surface area contributed by atoms with Crippen molar-refractivity contribution in [1.82, 2.24) is 0 Å². The van der Waals surface area contributed by atoms with Gasteiger partial charge in [-0.3, -0.25) is 0 Å². The molecule has 0 bridgehead atoms. The largest absolute Gasteiger partial charge is 0.355 e. The van der Waals surface area contributed by atoms with E-state index in [9.17, 15) is 0 Å². The summed E-state index contributed by atoms with van der Waals surface area (Å²) in [5.74, 6) is 0. The zero-order valence-electron chi connectivity index (χ0n) is 9.75. The van der Waals surface area contributed by atoms with Crippen molar-refractivity contribution in [3.05, 3.63) is 0 Å². The molecule has 2 saturated heterocycles. The van der Waals surface area contributed by atoms with Crippen LogP contribution in [0.3, 0.4) is 0 Å². The van der Waals surface area contributed by atoms with Gasteiger partial charge in [0, 0.05) is 0 Å². The second-order valence-corrected chi connectivity index (χ2v) is 5.56. The Morgan fingerprint density at radius 2 is 1.47 bits per heavy atom. The molecular weight excluding hydrogens is 196 g/mol. The summed E-state index contributed by atoms with van der Waals surface area (Å²) in [6.07, 6.45) is 0.124. The van der Waals surface area contributed by atoms with E-state index in [-0.39, 0.29) is 16.9 Å². The highest BCUT2D eigenvalue weighted by Crippen LogP contribution is 2.41. The Morgan fingerprint density at radius 3 is 2.00 bits per heavy atom. The van der Waals surface area contributed by atoms with E-state index in [4.69, 9.17) is 18.9 Å². The van der Waals surface area contributed by atoms with E-state index < -0.39 is 0 Å². The Balaban J connectivity index is 2.17. The van der Waals surface area contributed by atoms with Crippen LogP contribution in [0.2, 0.25) is 0 Å². The fourth-order valence-electron chi connectivity index (χ4n) is 2.61. The summed E-state index contributed by atoms with van der Waals surface area (Å²) >= 11 is 0. The third kappa shape index (κ3) is 2.18. The van der Waals surface area contributed by atoms with E-state index in [2.05, 4.69) is 20.8 Å². The molecule has 1 atom stereocenters. The minimum atomic E-state index is -0.130. The molecule has 2 fully saturated rings. The summed E-state index contributed by atoms with van der Waals surface area (Å²) in [7, 11) is 0. The highest BCUT2D eigenvalue weighted by atomic mass is 16.7. The smallest absolute Gasteiger partial charge is 0.147 e. The van der Waals surface area contributed by atoms with Crippen molar-refractivity contribution in [2.45, 2.75) is 26.9 Å². The van der Waals surface area contributed by atoms with E-state index in [1.165, 1.54) is 0 Å². The van der Waals surface area contributed by atoms with Gasteiger partial charge in [-0.15, -0.1) is 0 Å². The van der Waals surface area contributed by atoms with Gasteiger partial charge in [0.15, 0.2) is 0 Å². The quantitative estimate of drug-likeness (QED) is 0.613. The molecule has 15 heavy (non-hydrogen) atoms. The van der Waals surface area contributed by atoms with Gasteiger partial charge in [-0.05, 0) is 5.41 Å². The van der Waals surface area contributed by atoms with Crippen LogP contribution in [-0.4, -0.2) is 39.5 Å². The van der Waals surface area contributed by atoms with E-state index >= 15 is 0 Å². The van der Waals surface area contributed by atoms with Crippen LogP contribution in [0, 0.1) is 10.8 Å². The maximum absolute atomic E-state index is 5.75. The Morgan fingerprint density at radius 1 is 0.933 bits per heavy atom. The maximum atomic E-state index is 5.75. The number of ether oxygens (including phenoxy) is 4. The lowest BCUT2D eigenvalue weighted by Gasteiger charge is -2.49. The molecule has 1 unspecified atom stereocenters. The summed E-state index contributed by atoms with van der Waals surface area (Å²) in [4.78, 5) is 0. The molecule has 0 N–H and O–H groups in total. The van der Waals surface area contributed by atoms with E-state index in [0.717, 1.165) is 0 Å². The van der Waals surface area contributed by atoms with Crippen LogP contribution < -0.4 is 0 Å². The third-order valence-corrected chi connectivity index (χ3v) is 3.00. The normalized spacial score (nSPS) is 31.8. The molecule has 2 rings (SSSR count). The average Bonchev–Trinajstić information content (AvgIpc) is 2.18. The monoisotopic (exact) mass is 216 g/mol. The molecule has 0 saturated carbocycles. The molecule has 0 aromatic heterocycles. The number of hydrogen-bond acceptors (Lipinski definition) is 4. The summed E-state index contributed by atoms with van der Waals surface area (Å²) in [6.45, 7) is 9.29. The number of hydrogen-bond donors (Lipinski definition) is 0. The Labute approximate surface area is 90.8 Å². The van der Waals surface area contributed by atoms with Crippen LogP contribution in [0.5, 0.6) is 0 Å². The molecule has 0 radical (unpaired) electrons. The van der Waals surface area contributed by atoms with Crippen LogP contribution in [0.4, 0.5) is 0 Å². The van der Waals surface area contributed by atoms with Crippen LogP contribution >= 0.6 is 0 Å². The minimum absolute atomic E-state index is 0.0772. The van der Waals surface area contributed by atoms with Gasteiger partial charge in [0.25, 0.3) is 0 Å². The maximum Gasteiger partial charge on any atom is 0.147 e. The SMILES string of the molecule is CC(C)(C)C1OCOCC12COCOC2. The van der Waals surface area contributed by atoms with Crippen molar-refractivity contribution >= 4 is 0 Å². The molecule has 0 aliphatic carbocycles. The van der Waals surface area contributed by atoms with Gasteiger partial charge in [-0.1, -0.05) is 20.8 Å². The summed E-state index contributed by atoms with van der Waals surface area (Å²) in [5.41, 5.74) is -0.0530. The topological polar surface area (TPSA) is 36.9 Å². The van der Waals surface area contributed by atoms with E-state index in [1.807, 2.05) is 0 Å². The summed E-state index contributed by atoms with van der Waals surface area (Å²) < 4.78 is 22.0. The first-order valence-electron chi connectivity index (χ1n) is 5.39. The molecule has 0 amide bonds. The molecule has 0 aromatic carbocycles. The highest BCUT2D eigenvalue weighted by molar-refractivity contribution is 4.96. The molecule has 0 aromatic rings. The van der Waals surface area contributed by atoms with Crippen LogP contribution in [0.1, 0.15) is 20.8 Å². The van der Waals surface area contributed by atoms with Gasteiger partial charge in [0.1, 0.15) is 13.6 Å². The van der Waals surface area contributed by atoms with E-state index in [0.29, 0.717) is 33.4 Å². The van der Waals surface area contributed by atoms with Crippen LogP contribution in [0.25, 0.3) is 0 Å². The first-order valence-corrected chi connectivity index (χ1v) is 5.39. The van der Waals surface area contributed by atoms with Gasteiger partial charge in [0.2, 0.25) is 0 Å². The van der Waals surface area contributed by atoms with Gasteiger partial charge in [-0.2, -0.15) is 0 Å². The summed E-state index contributed by atoms with van der Waals surface area (Å²) in [5, 5.41) is 0. The molecule has 2 aliphatic rings. The Bertz CT molecular complexity index is 207. The van der Waals surface area contributed by atoms with Gasteiger partial charge in [-0.25, -0.2) is 0 Å². The predicted molar refractivity (Wildman–Crippen MR) is 54.4 cm³/mol. The molecule has 4 heteroatoms. The summed E-state index contributed by atoms with van der Waals surface area (Å²) in [6, 6.07) is 0. The third-order valence-electron chi connectivity index (χ3n) is 3.00. The van der Waals surface area contributed by atoms with Crippen molar-refractivity contribution in [3.63, 3.8) is 0 Å². The first-order chi connectivity index (χ1) is 7.05. The van der Waals surface area contributed by atoms with E-state index in [1.54, 1.807) is 0 Å². The second-order valence-electron chi connectivity index (χ2n) is 5.56. The van der Waals surface area contributed by atoms with Gasteiger partial charge < -0.3 is 18.9 Å². The first kappa shape index (κ1) is 11.3. The standard InChI is InChI=1S/C11H20O4/c1-10(2,3)9-11(6-14-8-15-9)4-12-7-13-5-11/h9H,4-8H2,1-3H3. The fraction of sp³-hybridized carbons (Fsp3) is 1.00. The van der Waals surface area contributed by atoms with Crippen molar-refractivity contribution in [2.75, 3.05) is 33.4 Å². The van der Waals surface area contributed by atoms with Crippen molar-refractivity contribution in [2.24, 2.45) is 10.8 Å². The zero-order chi connectivity index (χ0) is 10.9. The molecule has 4 nitrogen and oxygen atoms in total. The lowest BCUT2D eigenvalue weighted by molar-refractivity contribution is -0.294. The molecule has 2 aliphatic heterocycles. The molecule has 2 heterocycles. The predicted octanol–water partition coefficient (Wildman–Crippen LogP) is 1.40. The van der Waals surface area contributed by atoms with Crippen molar-refractivity contribution < 1.29 is 18.9 Å². The number of rotatable bonds is 0.